The summed E-state index contributed by atoms with van der Waals surface area (Å²) in [6.45, 7) is 4.15. The van der Waals surface area contributed by atoms with Gasteiger partial charge >= 0.3 is 7.60 Å². The van der Waals surface area contributed by atoms with Gasteiger partial charge in [0.15, 0.2) is 5.34 Å². The lowest BCUT2D eigenvalue weighted by Crippen LogP contribution is -2.50. The topological polar surface area (TPSA) is 77.8 Å². The normalized spacial score (nSPS) is 27.4. The van der Waals surface area contributed by atoms with Crippen LogP contribution in [0.15, 0.2) is 0 Å². The van der Waals surface area contributed by atoms with Gasteiger partial charge in [-0.15, -0.1) is 0 Å². The Balaban J connectivity index is 3.09. The number of aliphatic hydroxyl groups is 1. The van der Waals surface area contributed by atoms with Crippen molar-refractivity contribution in [1.29, 1.82) is 0 Å². The summed E-state index contributed by atoms with van der Waals surface area (Å²) in [6, 6.07) is 0. The summed E-state index contributed by atoms with van der Waals surface area (Å²) in [5.74, 6) is 0. The van der Waals surface area contributed by atoms with Gasteiger partial charge in [0.1, 0.15) is 0 Å². The Morgan fingerprint density at radius 1 is 1.00 bits per heavy atom. The monoisotopic (exact) mass is 292 g/mol. The van der Waals surface area contributed by atoms with Gasteiger partial charge in [0.25, 0.3) is 0 Å². The molecule has 19 heavy (non-hydrogen) atoms. The maximum absolute atomic E-state index is 11.9. The van der Waals surface area contributed by atoms with E-state index < -0.39 is 18.4 Å². The van der Waals surface area contributed by atoms with Crippen LogP contribution in [0.25, 0.3) is 0 Å². The van der Waals surface area contributed by atoms with E-state index in [9.17, 15) is 19.5 Å². The molecule has 4 nitrogen and oxygen atoms in total. The SMILES string of the molecule is CCCCC1(CCCC)CCCCC1(O)P(=O)(O)O. The number of hydrogen-bond acceptors (Lipinski definition) is 2. The van der Waals surface area contributed by atoms with Crippen LogP contribution in [0.4, 0.5) is 0 Å². The largest absolute Gasteiger partial charge is 0.377 e. The molecule has 3 N–H and O–H groups in total. The van der Waals surface area contributed by atoms with Crippen molar-refractivity contribution in [2.45, 2.75) is 83.4 Å². The van der Waals surface area contributed by atoms with Crippen molar-refractivity contribution in [2.24, 2.45) is 5.41 Å². The fourth-order valence-corrected chi connectivity index (χ4v) is 4.96. The highest BCUT2D eigenvalue weighted by Crippen LogP contribution is 2.66. The molecule has 0 radical (unpaired) electrons. The van der Waals surface area contributed by atoms with Crippen molar-refractivity contribution in [1.82, 2.24) is 0 Å². The van der Waals surface area contributed by atoms with Gasteiger partial charge in [-0.25, -0.2) is 0 Å². The molecular formula is C14H29O4P. The van der Waals surface area contributed by atoms with E-state index in [0.717, 1.165) is 51.4 Å². The van der Waals surface area contributed by atoms with Gasteiger partial charge in [-0.05, 0) is 32.1 Å². The summed E-state index contributed by atoms with van der Waals surface area (Å²) in [5, 5.41) is 9.01. The van der Waals surface area contributed by atoms with E-state index in [2.05, 4.69) is 13.8 Å². The van der Waals surface area contributed by atoms with Crippen LogP contribution < -0.4 is 0 Å². The van der Waals surface area contributed by atoms with E-state index in [1.807, 2.05) is 0 Å². The Morgan fingerprint density at radius 3 is 1.89 bits per heavy atom. The number of rotatable bonds is 7. The van der Waals surface area contributed by atoms with Crippen molar-refractivity contribution in [3.63, 3.8) is 0 Å². The molecule has 114 valence electrons. The van der Waals surface area contributed by atoms with Gasteiger partial charge < -0.3 is 14.9 Å². The first-order valence-corrected chi connectivity index (χ1v) is 9.22. The van der Waals surface area contributed by atoms with E-state index in [1.54, 1.807) is 0 Å². The standard InChI is InChI=1S/C14H29O4P/c1-3-5-9-13(10-6-4-2)11-7-8-12-14(13,15)19(16,17)18/h15H,3-12H2,1-2H3,(H2,16,17,18). The van der Waals surface area contributed by atoms with Crippen molar-refractivity contribution in [2.75, 3.05) is 0 Å². The highest BCUT2D eigenvalue weighted by atomic mass is 31.2. The third-order valence-corrected chi connectivity index (χ3v) is 6.44. The zero-order valence-electron chi connectivity index (χ0n) is 12.3. The predicted molar refractivity (Wildman–Crippen MR) is 76.9 cm³/mol. The molecule has 1 unspecified atom stereocenters. The predicted octanol–water partition coefficient (Wildman–Crippen LogP) is 3.79. The van der Waals surface area contributed by atoms with Gasteiger partial charge in [0, 0.05) is 5.41 Å². The van der Waals surface area contributed by atoms with Crippen molar-refractivity contribution >= 4 is 7.60 Å². The first kappa shape index (κ1) is 17.2. The number of hydrogen-bond donors (Lipinski definition) is 3. The molecule has 1 aliphatic rings. The fraction of sp³-hybridized carbons (Fsp3) is 1.00. The second kappa shape index (κ2) is 6.71. The van der Waals surface area contributed by atoms with Gasteiger partial charge in [-0.1, -0.05) is 46.0 Å². The Hall–Kier alpha value is 0.110. The molecule has 0 aromatic carbocycles. The minimum absolute atomic E-state index is 0.241. The summed E-state index contributed by atoms with van der Waals surface area (Å²) < 4.78 is 11.9. The minimum Gasteiger partial charge on any atom is -0.377 e. The quantitative estimate of drug-likeness (QED) is 0.624. The molecule has 0 bridgehead atoms. The molecule has 0 aromatic rings. The Bertz CT molecular complexity index is 317. The van der Waals surface area contributed by atoms with Gasteiger partial charge in [0.05, 0.1) is 0 Å². The van der Waals surface area contributed by atoms with Crippen LogP contribution in [0.1, 0.15) is 78.1 Å². The van der Waals surface area contributed by atoms with Crippen LogP contribution in [0.3, 0.4) is 0 Å². The highest BCUT2D eigenvalue weighted by molar-refractivity contribution is 7.53. The van der Waals surface area contributed by atoms with Crippen molar-refractivity contribution in [3.05, 3.63) is 0 Å². The van der Waals surface area contributed by atoms with Gasteiger partial charge in [-0.2, -0.15) is 0 Å². The van der Waals surface area contributed by atoms with Crippen molar-refractivity contribution in [3.8, 4) is 0 Å². The average Bonchev–Trinajstić information content (AvgIpc) is 2.35. The molecular weight excluding hydrogens is 263 g/mol. The van der Waals surface area contributed by atoms with E-state index in [0.29, 0.717) is 6.42 Å². The second-order valence-electron chi connectivity index (χ2n) is 6.06. The Morgan fingerprint density at radius 2 is 1.47 bits per heavy atom. The average molecular weight is 292 g/mol. The maximum atomic E-state index is 11.9. The summed E-state index contributed by atoms with van der Waals surface area (Å²) in [5.41, 5.74) is -0.587. The van der Waals surface area contributed by atoms with Crippen molar-refractivity contribution < 1.29 is 19.5 Å². The molecule has 0 heterocycles. The molecule has 1 fully saturated rings. The zero-order chi connectivity index (χ0) is 14.6. The van der Waals surface area contributed by atoms with Crippen LogP contribution in [-0.2, 0) is 4.57 Å². The van der Waals surface area contributed by atoms with Crippen LogP contribution >= 0.6 is 7.60 Å². The lowest BCUT2D eigenvalue weighted by atomic mass is 9.65. The van der Waals surface area contributed by atoms with Gasteiger partial charge in [0.2, 0.25) is 0 Å². The smallest absolute Gasteiger partial charge is 0.357 e. The lowest BCUT2D eigenvalue weighted by Gasteiger charge is -2.50. The third-order valence-electron chi connectivity index (χ3n) is 4.78. The molecule has 0 spiro atoms. The molecule has 0 amide bonds. The summed E-state index contributed by atoms with van der Waals surface area (Å²) in [6.07, 6.45) is 7.95. The van der Waals surface area contributed by atoms with Crippen LogP contribution in [0.5, 0.6) is 0 Å². The zero-order valence-corrected chi connectivity index (χ0v) is 13.2. The van der Waals surface area contributed by atoms with Crippen LogP contribution in [0.2, 0.25) is 0 Å². The number of unbranched alkanes of at least 4 members (excludes halogenated alkanes) is 2. The Kier molecular flexibility index (Phi) is 6.06. The molecule has 1 saturated carbocycles. The molecule has 5 heteroatoms. The van der Waals surface area contributed by atoms with E-state index in [1.165, 1.54) is 0 Å². The molecule has 0 aromatic heterocycles. The fourth-order valence-electron chi connectivity index (χ4n) is 3.56. The first-order chi connectivity index (χ1) is 8.83. The van der Waals surface area contributed by atoms with E-state index in [-0.39, 0.29) is 6.42 Å². The minimum atomic E-state index is -4.50. The van der Waals surface area contributed by atoms with Crippen LogP contribution in [0, 0.1) is 5.41 Å². The lowest BCUT2D eigenvalue weighted by molar-refractivity contribution is -0.0785. The van der Waals surface area contributed by atoms with E-state index >= 15 is 0 Å². The summed E-state index contributed by atoms with van der Waals surface area (Å²) in [7, 11) is -4.50. The van der Waals surface area contributed by atoms with Crippen LogP contribution in [-0.4, -0.2) is 20.2 Å². The Labute approximate surface area is 116 Å². The third kappa shape index (κ3) is 3.41. The summed E-state index contributed by atoms with van der Waals surface area (Å²) in [4.78, 5) is 19.4. The maximum Gasteiger partial charge on any atom is 0.357 e. The van der Waals surface area contributed by atoms with E-state index in [4.69, 9.17) is 0 Å². The molecule has 1 atom stereocenters. The molecule has 0 saturated heterocycles. The molecule has 0 aliphatic heterocycles. The molecule has 1 aliphatic carbocycles. The highest BCUT2D eigenvalue weighted by Gasteiger charge is 2.60. The molecule has 1 rings (SSSR count). The second-order valence-corrected chi connectivity index (χ2v) is 7.88. The first-order valence-electron chi connectivity index (χ1n) is 7.61. The summed E-state index contributed by atoms with van der Waals surface area (Å²) >= 11 is 0. The van der Waals surface area contributed by atoms with Gasteiger partial charge in [-0.3, -0.25) is 4.57 Å².